The van der Waals surface area contributed by atoms with Crippen molar-refractivity contribution in [2.75, 3.05) is 13.1 Å². The first-order valence-electron chi connectivity index (χ1n) is 8.93. The van der Waals surface area contributed by atoms with Gasteiger partial charge < -0.3 is 25.2 Å². The number of pyridine rings is 1. The second kappa shape index (κ2) is 9.03. The standard InChI is InChI=1S/C20H18FN3O6/c21-13-3-6-16(22-9-13)30-14-4-1-12(2-5-14)11-24-8-7-15(25)18(20(24)29)19(28)23-10-17(26)27/h1-6,9,25H,7-8,10-11H2,(H,23,28)(H,26,27). The van der Waals surface area contributed by atoms with Crippen molar-refractivity contribution in [3.8, 4) is 11.6 Å². The van der Waals surface area contributed by atoms with Gasteiger partial charge in [0.2, 0.25) is 5.88 Å². The third-order valence-corrected chi connectivity index (χ3v) is 4.25. The van der Waals surface area contributed by atoms with Gasteiger partial charge in [-0.05, 0) is 23.8 Å². The maximum absolute atomic E-state index is 12.9. The number of nitrogens with zero attached hydrogens (tertiary/aromatic N) is 2. The highest BCUT2D eigenvalue weighted by atomic mass is 19.1. The van der Waals surface area contributed by atoms with Crippen LogP contribution < -0.4 is 10.1 Å². The number of halogens is 1. The quantitative estimate of drug-likeness (QED) is 0.588. The minimum absolute atomic E-state index is 0.0823. The van der Waals surface area contributed by atoms with Gasteiger partial charge in [0.1, 0.15) is 29.4 Å². The van der Waals surface area contributed by atoms with Crippen LogP contribution in [0.5, 0.6) is 11.6 Å². The molecule has 0 fully saturated rings. The highest BCUT2D eigenvalue weighted by Gasteiger charge is 2.32. The molecule has 1 aromatic heterocycles. The van der Waals surface area contributed by atoms with E-state index in [1.807, 2.05) is 0 Å². The number of carbonyl (C=O) groups is 3. The summed E-state index contributed by atoms with van der Waals surface area (Å²) in [5.74, 6) is -3.02. The van der Waals surface area contributed by atoms with Crippen molar-refractivity contribution in [2.45, 2.75) is 13.0 Å². The number of benzene rings is 1. The van der Waals surface area contributed by atoms with Crippen LogP contribution in [0.25, 0.3) is 0 Å². The van der Waals surface area contributed by atoms with Gasteiger partial charge in [0, 0.05) is 25.6 Å². The fourth-order valence-electron chi connectivity index (χ4n) is 2.80. The molecule has 156 valence electrons. The summed E-state index contributed by atoms with van der Waals surface area (Å²) in [6.45, 7) is -0.275. The summed E-state index contributed by atoms with van der Waals surface area (Å²) in [6, 6.07) is 9.37. The SMILES string of the molecule is O=C(O)CNC(=O)C1=C(O)CCN(Cc2ccc(Oc3ccc(F)cn3)cc2)C1=O. The minimum atomic E-state index is -1.26. The number of carboxylic acid groups (broad SMARTS) is 1. The fourth-order valence-corrected chi connectivity index (χ4v) is 2.80. The molecule has 0 saturated carbocycles. The van der Waals surface area contributed by atoms with E-state index in [0.29, 0.717) is 5.75 Å². The summed E-state index contributed by atoms with van der Waals surface area (Å²) >= 11 is 0. The molecule has 2 aromatic rings. The van der Waals surface area contributed by atoms with Crippen molar-refractivity contribution in [3.63, 3.8) is 0 Å². The zero-order valence-electron chi connectivity index (χ0n) is 15.7. The number of aliphatic hydroxyl groups is 1. The van der Waals surface area contributed by atoms with Crippen LogP contribution >= 0.6 is 0 Å². The molecule has 3 N–H and O–H groups in total. The molecule has 0 spiro atoms. The second-order valence-corrected chi connectivity index (χ2v) is 6.44. The van der Waals surface area contributed by atoms with Crippen LogP contribution in [0, 0.1) is 5.82 Å². The molecule has 30 heavy (non-hydrogen) atoms. The number of carboxylic acids is 1. The van der Waals surface area contributed by atoms with Crippen LogP contribution in [-0.4, -0.2) is 51.0 Å². The number of hydrogen-bond donors (Lipinski definition) is 3. The number of rotatable bonds is 7. The predicted octanol–water partition coefficient (Wildman–Crippen LogP) is 1.76. The third-order valence-electron chi connectivity index (χ3n) is 4.25. The first-order chi connectivity index (χ1) is 14.3. The lowest BCUT2D eigenvalue weighted by Gasteiger charge is -2.28. The molecular formula is C20H18FN3O6. The second-order valence-electron chi connectivity index (χ2n) is 6.44. The van der Waals surface area contributed by atoms with E-state index in [4.69, 9.17) is 9.84 Å². The van der Waals surface area contributed by atoms with Crippen molar-refractivity contribution in [3.05, 3.63) is 65.3 Å². The maximum atomic E-state index is 12.9. The van der Waals surface area contributed by atoms with Crippen molar-refractivity contribution >= 4 is 17.8 Å². The molecule has 0 aliphatic carbocycles. The summed E-state index contributed by atoms with van der Waals surface area (Å²) in [7, 11) is 0. The molecule has 10 heteroatoms. The number of hydrogen-bond acceptors (Lipinski definition) is 6. The van der Waals surface area contributed by atoms with E-state index in [1.165, 1.54) is 17.0 Å². The summed E-state index contributed by atoms with van der Waals surface area (Å²) in [5.41, 5.74) is 0.291. The Balaban J connectivity index is 1.64. The molecular weight excluding hydrogens is 397 g/mol. The third kappa shape index (κ3) is 5.10. The van der Waals surface area contributed by atoms with Gasteiger partial charge in [0.15, 0.2) is 0 Å². The molecule has 0 unspecified atom stereocenters. The highest BCUT2D eigenvalue weighted by Crippen LogP contribution is 2.23. The van der Waals surface area contributed by atoms with Gasteiger partial charge in [0.05, 0.1) is 6.20 Å². The van der Waals surface area contributed by atoms with Crippen molar-refractivity contribution in [1.29, 1.82) is 0 Å². The van der Waals surface area contributed by atoms with Gasteiger partial charge in [-0.25, -0.2) is 9.37 Å². The van der Waals surface area contributed by atoms with E-state index in [1.54, 1.807) is 24.3 Å². The zero-order valence-corrected chi connectivity index (χ0v) is 15.7. The normalized spacial score (nSPS) is 13.9. The van der Waals surface area contributed by atoms with Gasteiger partial charge in [-0.1, -0.05) is 12.1 Å². The maximum Gasteiger partial charge on any atom is 0.322 e. The van der Waals surface area contributed by atoms with E-state index in [-0.39, 0.29) is 31.1 Å². The highest BCUT2D eigenvalue weighted by molar-refractivity contribution is 6.19. The van der Waals surface area contributed by atoms with E-state index in [9.17, 15) is 23.9 Å². The number of aliphatic carboxylic acids is 1. The number of carbonyl (C=O) groups excluding carboxylic acids is 2. The monoisotopic (exact) mass is 415 g/mol. The Morgan fingerprint density at radius 2 is 1.93 bits per heavy atom. The lowest BCUT2D eigenvalue weighted by atomic mass is 10.0. The van der Waals surface area contributed by atoms with Crippen LogP contribution in [0.3, 0.4) is 0 Å². The first kappa shape index (κ1) is 20.8. The van der Waals surface area contributed by atoms with Gasteiger partial charge in [-0.2, -0.15) is 0 Å². The Labute approximate surface area is 170 Å². The summed E-state index contributed by atoms with van der Waals surface area (Å²) in [4.78, 5) is 40.5. The molecule has 1 aromatic carbocycles. The smallest absolute Gasteiger partial charge is 0.322 e. The van der Waals surface area contributed by atoms with Gasteiger partial charge in [-0.15, -0.1) is 0 Å². The topological polar surface area (TPSA) is 129 Å². The number of amides is 2. The summed E-state index contributed by atoms with van der Waals surface area (Å²) in [6.07, 6.45) is 1.12. The van der Waals surface area contributed by atoms with Crippen LogP contribution in [0.15, 0.2) is 53.9 Å². The van der Waals surface area contributed by atoms with Crippen LogP contribution in [0.1, 0.15) is 12.0 Å². The predicted molar refractivity (Wildman–Crippen MR) is 101 cm³/mol. The zero-order chi connectivity index (χ0) is 21.7. The van der Waals surface area contributed by atoms with Gasteiger partial charge in [-0.3, -0.25) is 14.4 Å². The Morgan fingerprint density at radius 1 is 1.20 bits per heavy atom. The molecule has 9 nitrogen and oxygen atoms in total. The Bertz CT molecular complexity index is 989. The molecule has 2 amide bonds. The minimum Gasteiger partial charge on any atom is -0.511 e. The van der Waals surface area contributed by atoms with Gasteiger partial charge in [0.25, 0.3) is 11.8 Å². The molecule has 0 bridgehead atoms. The lowest BCUT2D eigenvalue weighted by Crippen LogP contribution is -2.43. The lowest BCUT2D eigenvalue weighted by molar-refractivity contribution is -0.138. The fraction of sp³-hybridized carbons (Fsp3) is 0.200. The van der Waals surface area contributed by atoms with Crippen LogP contribution in [-0.2, 0) is 20.9 Å². The summed E-state index contributed by atoms with van der Waals surface area (Å²) < 4.78 is 18.4. The Kier molecular flexibility index (Phi) is 6.26. The van der Waals surface area contributed by atoms with Crippen molar-refractivity contribution in [1.82, 2.24) is 15.2 Å². The molecule has 0 saturated heterocycles. The molecule has 0 atom stereocenters. The van der Waals surface area contributed by atoms with Crippen molar-refractivity contribution < 1.29 is 33.7 Å². The van der Waals surface area contributed by atoms with Crippen LogP contribution in [0.2, 0.25) is 0 Å². The Morgan fingerprint density at radius 3 is 2.57 bits per heavy atom. The average Bonchev–Trinajstić information content (AvgIpc) is 2.72. The molecule has 1 aliphatic rings. The number of aromatic nitrogens is 1. The van der Waals surface area contributed by atoms with E-state index in [2.05, 4.69) is 10.3 Å². The molecule has 1 aliphatic heterocycles. The largest absolute Gasteiger partial charge is 0.511 e. The van der Waals surface area contributed by atoms with Gasteiger partial charge >= 0.3 is 5.97 Å². The average molecular weight is 415 g/mol. The number of nitrogens with one attached hydrogen (secondary N) is 1. The number of ether oxygens (including phenoxy) is 1. The Hall–Kier alpha value is -3.95. The molecule has 0 radical (unpaired) electrons. The van der Waals surface area contributed by atoms with Crippen LogP contribution in [0.4, 0.5) is 4.39 Å². The summed E-state index contributed by atoms with van der Waals surface area (Å²) in [5, 5.41) is 20.7. The molecule has 3 rings (SSSR count). The number of aliphatic hydroxyl groups excluding tert-OH is 1. The first-order valence-corrected chi connectivity index (χ1v) is 8.93. The van der Waals surface area contributed by atoms with E-state index < -0.39 is 35.7 Å². The molecule has 2 heterocycles. The van der Waals surface area contributed by atoms with Crippen molar-refractivity contribution in [2.24, 2.45) is 0 Å². The van der Waals surface area contributed by atoms with E-state index in [0.717, 1.165) is 11.8 Å². The van der Waals surface area contributed by atoms with E-state index >= 15 is 0 Å².